The summed E-state index contributed by atoms with van der Waals surface area (Å²) in [5.41, 5.74) is 1.61. The van der Waals surface area contributed by atoms with Gasteiger partial charge in [0.25, 0.3) is 12.2 Å². The van der Waals surface area contributed by atoms with Gasteiger partial charge in [-0.25, -0.2) is 14.0 Å². The van der Waals surface area contributed by atoms with Crippen molar-refractivity contribution in [1.29, 1.82) is 0 Å². The predicted octanol–water partition coefficient (Wildman–Crippen LogP) is 3.85. The number of aryl methyl sites for hydroxylation is 1. The first kappa shape index (κ1) is 29.4. The molecule has 2 fully saturated rings. The van der Waals surface area contributed by atoms with Crippen LogP contribution in [0.25, 0.3) is 22.7 Å². The number of esters is 1. The number of amides is 1. The van der Waals surface area contributed by atoms with E-state index in [4.69, 9.17) is 23.8 Å². The van der Waals surface area contributed by atoms with Crippen molar-refractivity contribution in [2.24, 2.45) is 0 Å². The molecule has 16 heteroatoms. The summed E-state index contributed by atoms with van der Waals surface area (Å²) in [6.45, 7) is 4.10. The second kappa shape index (κ2) is 11.9. The van der Waals surface area contributed by atoms with E-state index in [0.29, 0.717) is 34.8 Å². The first-order valence-electron chi connectivity index (χ1n) is 12.2. The number of carboxylic acid groups (broad SMARTS) is 1. The van der Waals surface area contributed by atoms with Crippen LogP contribution in [0.2, 0.25) is 0 Å². The van der Waals surface area contributed by atoms with Crippen LogP contribution in [0.3, 0.4) is 0 Å². The third-order valence-corrected chi connectivity index (χ3v) is 6.08. The molecule has 1 aromatic carbocycles. The standard InChI is InChI=1S/C23H22FN5O5.C2HF3O2/c1-12-22(33-21(30)19-4-3-9-25-19)34-23(31)29(12)15-6-7-16(17(24)10-15)14-5-8-18(26-11-14)20-28-27-13(2)32-20;3-2(4,5)1(6)7/h5-8,10-12,19,22,25H,3-4,9H2,1-2H3;(H,6,7)/t12-,19+,22?;/m1./s1. The molecule has 0 bridgehead atoms. The maximum atomic E-state index is 15.0. The largest absolute Gasteiger partial charge is 0.490 e. The maximum absolute atomic E-state index is 15.0. The molecule has 218 valence electrons. The molecule has 1 amide bonds. The minimum absolute atomic E-state index is 0.278. The molecule has 1 unspecified atom stereocenters. The molecule has 3 aromatic rings. The number of carbonyl (C=O) groups is 3. The van der Waals surface area contributed by atoms with Crippen molar-refractivity contribution in [3.05, 3.63) is 48.2 Å². The van der Waals surface area contributed by atoms with Gasteiger partial charge in [-0.3, -0.25) is 14.7 Å². The van der Waals surface area contributed by atoms with Crippen LogP contribution in [0.4, 0.5) is 28.0 Å². The number of carboxylic acids is 1. The summed E-state index contributed by atoms with van der Waals surface area (Å²) in [6.07, 6.45) is -3.80. The van der Waals surface area contributed by atoms with Gasteiger partial charge in [0, 0.05) is 24.2 Å². The second-order valence-corrected chi connectivity index (χ2v) is 8.97. The molecule has 2 saturated heterocycles. The van der Waals surface area contributed by atoms with Gasteiger partial charge in [0.1, 0.15) is 23.6 Å². The topological polar surface area (TPSA) is 157 Å². The molecule has 0 radical (unpaired) electrons. The molecule has 2 aliphatic rings. The van der Waals surface area contributed by atoms with Gasteiger partial charge < -0.3 is 24.3 Å². The van der Waals surface area contributed by atoms with Gasteiger partial charge >= 0.3 is 24.2 Å². The van der Waals surface area contributed by atoms with E-state index in [1.807, 2.05) is 0 Å². The Hall–Kier alpha value is -4.60. The molecule has 0 aliphatic carbocycles. The van der Waals surface area contributed by atoms with E-state index in [0.717, 1.165) is 13.0 Å². The highest BCUT2D eigenvalue weighted by molar-refractivity contribution is 5.91. The SMILES string of the molecule is Cc1nnc(-c2ccc(-c3ccc(N4C(=O)OC(OC(=O)[C@@H]5CCCN5)[C@H]4C)cc3F)cn2)o1.O=C(O)C(F)(F)F. The van der Waals surface area contributed by atoms with Crippen LogP contribution in [0.1, 0.15) is 25.7 Å². The zero-order valence-electron chi connectivity index (χ0n) is 21.5. The Balaban J connectivity index is 0.000000493. The van der Waals surface area contributed by atoms with Crippen molar-refractivity contribution >= 4 is 23.7 Å². The van der Waals surface area contributed by atoms with Crippen LogP contribution >= 0.6 is 0 Å². The van der Waals surface area contributed by atoms with Crippen molar-refractivity contribution in [1.82, 2.24) is 20.5 Å². The highest BCUT2D eigenvalue weighted by Crippen LogP contribution is 2.32. The summed E-state index contributed by atoms with van der Waals surface area (Å²) in [7, 11) is 0. The molecule has 5 rings (SSSR count). The summed E-state index contributed by atoms with van der Waals surface area (Å²) < 4.78 is 62.8. The number of nitrogens with zero attached hydrogens (tertiary/aromatic N) is 4. The lowest BCUT2D eigenvalue weighted by molar-refractivity contribution is -0.192. The van der Waals surface area contributed by atoms with Crippen molar-refractivity contribution in [3.63, 3.8) is 0 Å². The molecule has 2 aromatic heterocycles. The zero-order valence-corrected chi connectivity index (χ0v) is 21.5. The number of halogens is 4. The fraction of sp³-hybridized carbons (Fsp3) is 0.360. The fourth-order valence-corrected chi connectivity index (χ4v) is 4.06. The highest BCUT2D eigenvalue weighted by Gasteiger charge is 2.43. The monoisotopic (exact) mass is 581 g/mol. The molecule has 2 N–H and O–H groups in total. The minimum atomic E-state index is -5.08. The summed E-state index contributed by atoms with van der Waals surface area (Å²) in [4.78, 5) is 39.2. The number of cyclic esters (lactones) is 1. The lowest BCUT2D eigenvalue weighted by Gasteiger charge is -2.21. The van der Waals surface area contributed by atoms with E-state index in [9.17, 15) is 22.8 Å². The van der Waals surface area contributed by atoms with Crippen LogP contribution in [0.5, 0.6) is 0 Å². The van der Waals surface area contributed by atoms with Gasteiger partial charge in [-0.2, -0.15) is 13.2 Å². The number of hydrogen-bond acceptors (Lipinski definition) is 10. The van der Waals surface area contributed by atoms with Crippen molar-refractivity contribution in [2.45, 2.75) is 51.2 Å². The number of alkyl halides is 3. The molecule has 2 aliphatic heterocycles. The number of aromatic nitrogens is 3. The average molecular weight is 581 g/mol. The molecule has 3 atom stereocenters. The summed E-state index contributed by atoms with van der Waals surface area (Å²) in [5, 5.41) is 17.9. The number of hydrogen-bond donors (Lipinski definition) is 2. The Bertz CT molecular complexity index is 1420. The van der Waals surface area contributed by atoms with E-state index in [2.05, 4.69) is 20.5 Å². The Morgan fingerprint density at radius 1 is 1.20 bits per heavy atom. The first-order chi connectivity index (χ1) is 19.3. The van der Waals surface area contributed by atoms with E-state index in [1.165, 1.54) is 17.2 Å². The highest BCUT2D eigenvalue weighted by atomic mass is 19.4. The molecule has 0 saturated carbocycles. The molecule has 0 spiro atoms. The van der Waals surface area contributed by atoms with Gasteiger partial charge in [-0.1, -0.05) is 6.07 Å². The van der Waals surface area contributed by atoms with Gasteiger partial charge in [-0.15, -0.1) is 10.2 Å². The third kappa shape index (κ3) is 6.77. The number of pyridine rings is 1. The normalized spacial score (nSPS) is 20.3. The van der Waals surface area contributed by atoms with E-state index < -0.39 is 48.4 Å². The quantitative estimate of drug-likeness (QED) is 0.333. The zero-order chi connectivity index (χ0) is 29.9. The van der Waals surface area contributed by atoms with Crippen molar-refractivity contribution in [3.8, 4) is 22.7 Å². The summed E-state index contributed by atoms with van der Waals surface area (Å²) >= 11 is 0. The van der Waals surface area contributed by atoms with Crippen LogP contribution in [-0.4, -0.2) is 69.4 Å². The Morgan fingerprint density at radius 2 is 1.93 bits per heavy atom. The molecular formula is C25H23F4N5O7. The summed E-state index contributed by atoms with van der Waals surface area (Å²) in [6, 6.07) is 6.73. The molecule has 4 heterocycles. The van der Waals surface area contributed by atoms with Crippen LogP contribution < -0.4 is 10.2 Å². The average Bonchev–Trinajstić information content (AvgIpc) is 3.66. The lowest BCUT2D eigenvalue weighted by Crippen LogP contribution is -2.40. The van der Waals surface area contributed by atoms with E-state index in [1.54, 1.807) is 38.1 Å². The Kier molecular flexibility index (Phi) is 8.51. The molecule has 41 heavy (non-hydrogen) atoms. The van der Waals surface area contributed by atoms with Gasteiger partial charge in [-0.05, 0) is 50.6 Å². The third-order valence-electron chi connectivity index (χ3n) is 6.08. The number of ether oxygens (including phenoxy) is 2. The van der Waals surface area contributed by atoms with Crippen LogP contribution in [-0.2, 0) is 19.1 Å². The van der Waals surface area contributed by atoms with E-state index >= 15 is 4.39 Å². The minimum Gasteiger partial charge on any atom is -0.475 e. The predicted molar refractivity (Wildman–Crippen MR) is 131 cm³/mol. The number of rotatable bonds is 5. The van der Waals surface area contributed by atoms with Crippen molar-refractivity contribution < 1.29 is 50.9 Å². The van der Waals surface area contributed by atoms with Crippen LogP contribution in [0, 0.1) is 12.7 Å². The number of aliphatic carboxylic acids is 1. The fourth-order valence-electron chi connectivity index (χ4n) is 4.06. The smallest absolute Gasteiger partial charge is 0.475 e. The Labute approximate surface area is 229 Å². The van der Waals surface area contributed by atoms with Crippen LogP contribution in [0.15, 0.2) is 40.9 Å². The number of carbonyl (C=O) groups excluding carboxylic acids is 2. The van der Waals surface area contributed by atoms with Gasteiger partial charge in [0.15, 0.2) is 0 Å². The Morgan fingerprint density at radius 3 is 2.46 bits per heavy atom. The first-order valence-corrected chi connectivity index (χ1v) is 12.2. The molecule has 12 nitrogen and oxygen atoms in total. The van der Waals surface area contributed by atoms with Crippen molar-refractivity contribution in [2.75, 3.05) is 11.4 Å². The maximum Gasteiger partial charge on any atom is 0.490 e. The lowest BCUT2D eigenvalue weighted by atomic mass is 10.1. The number of nitrogens with one attached hydrogen (secondary N) is 1. The second-order valence-electron chi connectivity index (χ2n) is 8.97. The van der Waals surface area contributed by atoms with Gasteiger partial charge in [0.2, 0.25) is 5.89 Å². The number of benzene rings is 1. The van der Waals surface area contributed by atoms with E-state index in [-0.39, 0.29) is 5.89 Å². The van der Waals surface area contributed by atoms with Gasteiger partial charge in [0.05, 0.1) is 5.69 Å². The number of anilines is 1. The molecular weight excluding hydrogens is 558 g/mol. The summed E-state index contributed by atoms with van der Waals surface area (Å²) in [5.74, 6) is -3.06.